The van der Waals surface area contributed by atoms with Gasteiger partial charge in [-0.1, -0.05) is 0 Å². The van der Waals surface area contributed by atoms with Gasteiger partial charge >= 0.3 is 5.97 Å². The number of carboxylic acids is 1. The summed E-state index contributed by atoms with van der Waals surface area (Å²) in [5.74, 6) is -1.32. The Hall–Kier alpha value is -1.10. The fourth-order valence-electron chi connectivity index (χ4n) is 1.67. The van der Waals surface area contributed by atoms with Crippen molar-refractivity contribution >= 4 is 11.9 Å². The van der Waals surface area contributed by atoms with Gasteiger partial charge in [-0.15, -0.1) is 0 Å². The van der Waals surface area contributed by atoms with E-state index in [4.69, 9.17) is 5.11 Å². The Labute approximate surface area is 89.2 Å². The second kappa shape index (κ2) is 4.18. The first-order valence-corrected chi connectivity index (χ1v) is 5.13. The number of aliphatic carboxylic acids is 1. The average Bonchev–Trinajstić information content (AvgIpc) is 2.50. The number of nitrogens with one attached hydrogen (secondary N) is 2. The molecule has 3 N–H and O–H groups in total. The summed E-state index contributed by atoms with van der Waals surface area (Å²) >= 11 is 0. The third kappa shape index (κ3) is 2.68. The fraction of sp³-hybridized carbons (Fsp3) is 0.800. The molecule has 0 bridgehead atoms. The highest BCUT2D eigenvalue weighted by molar-refractivity contribution is 5.87. The van der Waals surface area contributed by atoms with E-state index in [1.54, 1.807) is 0 Å². The van der Waals surface area contributed by atoms with Crippen LogP contribution >= 0.6 is 0 Å². The van der Waals surface area contributed by atoms with Crippen LogP contribution in [0.1, 0.15) is 27.2 Å². The first-order chi connectivity index (χ1) is 6.84. The van der Waals surface area contributed by atoms with Crippen molar-refractivity contribution in [3.05, 3.63) is 0 Å². The van der Waals surface area contributed by atoms with E-state index in [0.29, 0.717) is 0 Å². The van der Waals surface area contributed by atoms with Crippen molar-refractivity contribution < 1.29 is 14.7 Å². The summed E-state index contributed by atoms with van der Waals surface area (Å²) in [5.41, 5.74) is -1.20. The summed E-state index contributed by atoms with van der Waals surface area (Å²) in [6.07, 6.45) is 0.767. The van der Waals surface area contributed by atoms with Gasteiger partial charge in [0.2, 0.25) is 5.91 Å². The van der Waals surface area contributed by atoms with Gasteiger partial charge in [0.05, 0.1) is 5.92 Å². The molecule has 0 aromatic rings. The average molecular weight is 214 g/mol. The van der Waals surface area contributed by atoms with Gasteiger partial charge in [-0.25, -0.2) is 4.79 Å². The lowest BCUT2D eigenvalue weighted by Gasteiger charge is -2.24. The molecule has 1 saturated heterocycles. The Kier molecular flexibility index (Phi) is 3.34. The monoisotopic (exact) mass is 214 g/mol. The van der Waals surface area contributed by atoms with Crippen LogP contribution in [-0.4, -0.2) is 35.1 Å². The van der Waals surface area contributed by atoms with Crippen molar-refractivity contribution in [2.24, 2.45) is 5.92 Å². The summed E-state index contributed by atoms with van der Waals surface area (Å²) in [6, 6.07) is 0.120. The summed E-state index contributed by atoms with van der Waals surface area (Å²) in [5, 5.41) is 14.6. The molecule has 1 aliphatic rings. The van der Waals surface area contributed by atoms with Crippen LogP contribution in [0.15, 0.2) is 0 Å². The molecule has 0 aromatic carbocycles. The van der Waals surface area contributed by atoms with Crippen molar-refractivity contribution in [2.45, 2.75) is 38.8 Å². The predicted molar refractivity (Wildman–Crippen MR) is 55.4 cm³/mol. The fourth-order valence-corrected chi connectivity index (χ4v) is 1.67. The summed E-state index contributed by atoms with van der Waals surface area (Å²) in [4.78, 5) is 22.6. The van der Waals surface area contributed by atoms with Crippen LogP contribution in [0.3, 0.4) is 0 Å². The Morgan fingerprint density at radius 3 is 2.47 bits per heavy atom. The molecule has 1 rings (SSSR count). The largest absolute Gasteiger partial charge is 0.480 e. The van der Waals surface area contributed by atoms with Gasteiger partial charge in [0.25, 0.3) is 0 Å². The molecule has 2 atom stereocenters. The third-order valence-corrected chi connectivity index (χ3v) is 2.83. The normalized spacial score (nSPS) is 26.3. The van der Waals surface area contributed by atoms with E-state index in [2.05, 4.69) is 10.6 Å². The highest BCUT2D eigenvalue weighted by Crippen LogP contribution is 2.16. The Morgan fingerprint density at radius 2 is 2.07 bits per heavy atom. The van der Waals surface area contributed by atoms with Crippen LogP contribution in [0.25, 0.3) is 0 Å². The first-order valence-electron chi connectivity index (χ1n) is 5.13. The van der Waals surface area contributed by atoms with Crippen molar-refractivity contribution in [3.8, 4) is 0 Å². The molecule has 1 heterocycles. The molecule has 5 nitrogen and oxygen atoms in total. The smallest absolute Gasteiger partial charge is 0.328 e. The van der Waals surface area contributed by atoms with E-state index in [0.717, 1.165) is 13.0 Å². The molecular formula is C10H18N2O3. The maximum Gasteiger partial charge on any atom is 0.328 e. The molecule has 1 aliphatic heterocycles. The van der Waals surface area contributed by atoms with Crippen LogP contribution < -0.4 is 10.6 Å². The molecular weight excluding hydrogens is 196 g/mol. The zero-order chi connectivity index (χ0) is 11.6. The minimum Gasteiger partial charge on any atom is -0.480 e. The van der Waals surface area contributed by atoms with E-state index in [9.17, 15) is 9.59 Å². The predicted octanol–water partition coefficient (Wildman–Crippen LogP) is -0.0362. The topological polar surface area (TPSA) is 78.4 Å². The van der Waals surface area contributed by atoms with E-state index in [1.165, 1.54) is 13.8 Å². The van der Waals surface area contributed by atoms with E-state index in [1.807, 2.05) is 6.92 Å². The summed E-state index contributed by atoms with van der Waals surface area (Å²) in [6.45, 7) is 5.72. The zero-order valence-corrected chi connectivity index (χ0v) is 9.33. The van der Waals surface area contributed by atoms with Gasteiger partial charge in [-0.05, 0) is 33.7 Å². The number of hydrogen-bond donors (Lipinski definition) is 3. The van der Waals surface area contributed by atoms with Gasteiger partial charge in [-0.3, -0.25) is 4.79 Å². The maximum absolute atomic E-state index is 11.8. The minimum absolute atomic E-state index is 0.120. The van der Waals surface area contributed by atoms with E-state index in [-0.39, 0.29) is 17.9 Å². The molecule has 1 fully saturated rings. The van der Waals surface area contributed by atoms with E-state index >= 15 is 0 Å². The summed E-state index contributed by atoms with van der Waals surface area (Å²) in [7, 11) is 0. The lowest BCUT2D eigenvalue weighted by Crippen LogP contribution is -2.52. The first kappa shape index (κ1) is 12.0. The maximum atomic E-state index is 11.8. The molecule has 5 heteroatoms. The third-order valence-electron chi connectivity index (χ3n) is 2.83. The SMILES string of the molecule is CC1NCCC1C(=O)NC(C)(C)C(=O)O. The van der Waals surface area contributed by atoms with Crippen LogP contribution in [0.2, 0.25) is 0 Å². The molecule has 0 radical (unpaired) electrons. The highest BCUT2D eigenvalue weighted by atomic mass is 16.4. The van der Waals surface area contributed by atoms with Crippen LogP contribution in [0.4, 0.5) is 0 Å². The number of amides is 1. The number of carbonyl (C=O) groups excluding carboxylic acids is 1. The van der Waals surface area contributed by atoms with Gasteiger partial charge < -0.3 is 15.7 Å². The van der Waals surface area contributed by atoms with Crippen LogP contribution in [0.5, 0.6) is 0 Å². The lowest BCUT2D eigenvalue weighted by atomic mass is 9.98. The minimum atomic E-state index is -1.20. The number of rotatable bonds is 3. The summed E-state index contributed by atoms with van der Waals surface area (Å²) < 4.78 is 0. The van der Waals surface area contributed by atoms with Crippen LogP contribution in [-0.2, 0) is 9.59 Å². The second-order valence-electron chi connectivity index (χ2n) is 4.56. The van der Waals surface area contributed by atoms with Crippen molar-refractivity contribution in [1.29, 1.82) is 0 Å². The highest BCUT2D eigenvalue weighted by Gasteiger charge is 2.35. The van der Waals surface area contributed by atoms with E-state index < -0.39 is 11.5 Å². The lowest BCUT2D eigenvalue weighted by molar-refractivity contribution is -0.146. The molecule has 1 amide bonds. The Bertz CT molecular complexity index is 276. The zero-order valence-electron chi connectivity index (χ0n) is 9.33. The molecule has 0 aliphatic carbocycles. The Balaban J connectivity index is 2.59. The molecule has 2 unspecified atom stereocenters. The van der Waals surface area contributed by atoms with Gasteiger partial charge in [0, 0.05) is 6.04 Å². The number of carboxylic acid groups (broad SMARTS) is 1. The molecule has 15 heavy (non-hydrogen) atoms. The van der Waals surface area contributed by atoms with Crippen LogP contribution in [0, 0.1) is 5.92 Å². The second-order valence-corrected chi connectivity index (χ2v) is 4.56. The molecule has 0 aromatic heterocycles. The number of carbonyl (C=O) groups is 2. The van der Waals surface area contributed by atoms with Gasteiger partial charge in [0.15, 0.2) is 0 Å². The molecule has 0 spiro atoms. The van der Waals surface area contributed by atoms with Gasteiger partial charge in [0.1, 0.15) is 5.54 Å². The van der Waals surface area contributed by atoms with Crippen molar-refractivity contribution in [3.63, 3.8) is 0 Å². The quantitative estimate of drug-likeness (QED) is 0.616. The van der Waals surface area contributed by atoms with Crippen molar-refractivity contribution in [1.82, 2.24) is 10.6 Å². The molecule has 86 valence electrons. The standard InChI is InChI=1S/C10H18N2O3/c1-6-7(4-5-11-6)8(13)12-10(2,3)9(14)15/h6-7,11H,4-5H2,1-3H3,(H,12,13)(H,14,15). The van der Waals surface area contributed by atoms with Crippen molar-refractivity contribution in [2.75, 3.05) is 6.54 Å². The number of hydrogen-bond acceptors (Lipinski definition) is 3. The Morgan fingerprint density at radius 1 is 1.47 bits per heavy atom. The van der Waals surface area contributed by atoms with Gasteiger partial charge in [-0.2, -0.15) is 0 Å². The molecule has 0 saturated carbocycles.